The molecule has 104 valence electrons. The number of amidine groups is 1. The maximum atomic E-state index is 8.79. The molecule has 1 unspecified atom stereocenters. The van der Waals surface area contributed by atoms with Gasteiger partial charge in [-0.05, 0) is 25.0 Å². The number of nitrogens with two attached hydrogens (primary N) is 1. The van der Waals surface area contributed by atoms with Gasteiger partial charge in [0.1, 0.15) is 5.69 Å². The van der Waals surface area contributed by atoms with Crippen LogP contribution >= 0.6 is 0 Å². The Balaban J connectivity index is 2.14. The van der Waals surface area contributed by atoms with Crippen LogP contribution in [0.15, 0.2) is 23.5 Å². The SMILES string of the molecule is CC1CN(Cc2cccnc2C(N)=NO)CCCO1. The number of hydrogen-bond donors (Lipinski definition) is 2. The molecule has 3 N–H and O–H groups in total. The van der Waals surface area contributed by atoms with Crippen molar-refractivity contribution >= 4 is 5.84 Å². The molecule has 0 radical (unpaired) electrons. The fourth-order valence-electron chi connectivity index (χ4n) is 2.31. The lowest BCUT2D eigenvalue weighted by atomic mass is 10.1. The van der Waals surface area contributed by atoms with Crippen molar-refractivity contribution in [3.8, 4) is 0 Å². The van der Waals surface area contributed by atoms with Crippen molar-refractivity contribution in [1.29, 1.82) is 0 Å². The van der Waals surface area contributed by atoms with Crippen LogP contribution in [0, 0.1) is 0 Å². The fraction of sp³-hybridized carbons (Fsp3) is 0.538. The lowest BCUT2D eigenvalue weighted by Crippen LogP contribution is -2.31. The van der Waals surface area contributed by atoms with E-state index in [4.69, 9.17) is 15.7 Å². The van der Waals surface area contributed by atoms with E-state index in [9.17, 15) is 0 Å². The molecular weight excluding hydrogens is 244 g/mol. The van der Waals surface area contributed by atoms with Gasteiger partial charge in [-0.3, -0.25) is 9.88 Å². The average Bonchev–Trinajstić information content (AvgIpc) is 2.63. The summed E-state index contributed by atoms with van der Waals surface area (Å²) in [7, 11) is 0. The van der Waals surface area contributed by atoms with Gasteiger partial charge in [0.05, 0.1) is 6.10 Å². The molecule has 0 amide bonds. The first-order valence-electron chi connectivity index (χ1n) is 6.46. The third kappa shape index (κ3) is 3.65. The van der Waals surface area contributed by atoms with Gasteiger partial charge in [-0.1, -0.05) is 11.2 Å². The predicted octanol–water partition coefficient (Wildman–Crippen LogP) is 0.787. The van der Waals surface area contributed by atoms with E-state index in [0.29, 0.717) is 5.69 Å². The largest absolute Gasteiger partial charge is 0.409 e. The molecule has 6 heteroatoms. The molecule has 19 heavy (non-hydrogen) atoms. The Morgan fingerprint density at radius 3 is 3.32 bits per heavy atom. The van der Waals surface area contributed by atoms with Crippen LogP contribution in [0.3, 0.4) is 0 Å². The average molecular weight is 264 g/mol. The molecule has 1 aromatic rings. The zero-order valence-corrected chi connectivity index (χ0v) is 11.1. The lowest BCUT2D eigenvalue weighted by Gasteiger charge is -2.22. The number of rotatable bonds is 3. The summed E-state index contributed by atoms with van der Waals surface area (Å²) in [6.07, 6.45) is 2.89. The molecule has 1 aliphatic rings. The maximum absolute atomic E-state index is 8.79. The summed E-state index contributed by atoms with van der Waals surface area (Å²) in [5.74, 6) is 0.0507. The van der Waals surface area contributed by atoms with E-state index in [1.807, 2.05) is 12.1 Å². The molecule has 6 nitrogen and oxygen atoms in total. The summed E-state index contributed by atoms with van der Waals surface area (Å²) >= 11 is 0. The summed E-state index contributed by atoms with van der Waals surface area (Å²) in [6.45, 7) is 5.47. The van der Waals surface area contributed by atoms with Crippen molar-refractivity contribution in [1.82, 2.24) is 9.88 Å². The van der Waals surface area contributed by atoms with E-state index < -0.39 is 0 Å². The van der Waals surface area contributed by atoms with Crippen LogP contribution in [0.1, 0.15) is 24.6 Å². The molecule has 1 aromatic heterocycles. The van der Waals surface area contributed by atoms with Crippen LogP contribution in [0.5, 0.6) is 0 Å². The van der Waals surface area contributed by atoms with Gasteiger partial charge in [0, 0.05) is 32.4 Å². The minimum absolute atomic E-state index is 0.0507. The summed E-state index contributed by atoms with van der Waals surface area (Å²) in [6, 6.07) is 3.82. The van der Waals surface area contributed by atoms with Crippen LogP contribution < -0.4 is 5.73 Å². The van der Waals surface area contributed by atoms with E-state index >= 15 is 0 Å². The fourth-order valence-corrected chi connectivity index (χ4v) is 2.31. The second kappa shape index (κ2) is 6.49. The third-order valence-corrected chi connectivity index (χ3v) is 3.17. The Morgan fingerprint density at radius 1 is 1.68 bits per heavy atom. The van der Waals surface area contributed by atoms with Crippen LogP contribution in [-0.4, -0.2) is 46.7 Å². The lowest BCUT2D eigenvalue weighted by molar-refractivity contribution is 0.0668. The van der Waals surface area contributed by atoms with Gasteiger partial charge in [0.25, 0.3) is 0 Å². The Labute approximate surface area is 112 Å². The number of pyridine rings is 1. The number of nitrogens with zero attached hydrogens (tertiary/aromatic N) is 3. The standard InChI is InChI=1S/C13H20N4O2/c1-10-8-17(6-3-7-19-10)9-11-4-2-5-15-12(11)13(14)16-18/h2,4-5,10,18H,3,6-9H2,1H3,(H2,14,16). The first-order chi connectivity index (χ1) is 9.20. The number of hydrogen-bond acceptors (Lipinski definition) is 5. The summed E-state index contributed by atoms with van der Waals surface area (Å²) in [4.78, 5) is 6.49. The molecule has 1 atom stereocenters. The molecule has 0 saturated carbocycles. The minimum Gasteiger partial charge on any atom is -0.409 e. The van der Waals surface area contributed by atoms with Gasteiger partial charge < -0.3 is 15.7 Å². The second-order valence-electron chi connectivity index (χ2n) is 4.77. The molecule has 1 aliphatic heterocycles. The van der Waals surface area contributed by atoms with Crippen molar-refractivity contribution in [2.45, 2.75) is 26.0 Å². The Bertz CT molecular complexity index is 450. The van der Waals surface area contributed by atoms with Crippen molar-refractivity contribution < 1.29 is 9.94 Å². The second-order valence-corrected chi connectivity index (χ2v) is 4.77. The maximum Gasteiger partial charge on any atom is 0.189 e. The van der Waals surface area contributed by atoms with Crippen molar-refractivity contribution in [2.75, 3.05) is 19.7 Å². The van der Waals surface area contributed by atoms with Gasteiger partial charge >= 0.3 is 0 Å². The summed E-state index contributed by atoms with van der Waals surface area (Å²) in [5.41, 5.74) is 7.16. The molecule has 0 aromatic carbocycles. The molecule has 0 spiro atoms. The van der Waals surface area contributed by atoms with Crippen LogP contribution in [0.2, 0.25) is 0 Å². The van der Waals surface area contributed by atoms with Gasteiger partial charge in [0.15, 0.2) is 5.84 Å². The highest BCUT2D eigenvalue weighted by Gasteiger charge is 2.17. The first kappa shape index (κ1) is 13.8. The van der Waals surface area contributed by atoms with Crippen LogP contribution in [-0.2, 0) is 11.3 Å². The predicted molar refractivity (Wildman–Crippen MR) is 72.1 cm³/mol. The quantitative estimate of drug-likeness (QED) is 0.365. The van der Waals surface area contributed by atoms with Crippen LogP contribution in [0.25, 0.3) is 0 Å². The number of oxime groups is 1. The smallest absolute Gasteiger partial charge is 0.189 e. The molecule has 2 rings (SSSR count). The topological polar surface area (TPSA) is 84.0 Å². The third-order valence-electron chi connectivity index (χ3n) is 3.17. The zero-order valence-electron chi connectivity index (χ0n) is 11.1. The van der Waals surface area contributed by atoms with Crippen molar-refractivity contribution in [2.24, 2.45) is 10.9 Å². The minimum atomic E-state index is 0.0507. The number of ether oxygens (including phenoxy) is 1. The van der Waals surface area contributed by atoms with Crippen molar-refractivity contribution in [3.05, 3.63) is 29.6 Å². The highest BCUT2D eigenvalue weighted by Crippen LogP contribution is 2.13. The van der Waals surface area contributed by atoms with E-state index in [0.717, 1.165) is 38.2 Å². The highest BCUT2D eigenvalue weighted by atomic mass is 16.5. The van der Waals surface area contributed by atoms with E-state index in [-0.39, 0.29) is 11.9 Å². The summed E-state index contributed by atoms with van der Waals surface area (Å²) < 4.78 is 5.62. The van der Waals surface area contributed by atoms with Gasteiger partial charge in [-0.25, -0.2) is 0 Å². The van der Waals surface area contributed by atoms with Gasteiger partial charge in [0.2, 0.25) is 0 Å². The molecule has 1 saturated heterocycles. The molecule has 2 heterocycles. The zero-order chi connectivity index (χ0) is 13.7. The monoisotopic (exact) mass is 264 g/mol. The molecular formula is C13H20N4O2. The Morgan fingerprint density at radius 2 is 2.53 bits per heavy atom. The Kier molecular flexibility index (Phi) is 4.70. The van der Waals surface area contributed by atoms with E-state index in [2.05, 4.69) is 22.0 Å². The Hall–Kier alpha value is -1.66. The first-order valence-corrected chi connectivity index (χ1v) is 6.46. The van der Waals surface area contributed by atoms with E-state index in [1.165, 1.54) is 0 Å². The van der Waals surface area contributed by atoms with Gasteiger partial charge in [-0.15, -0.1) is 0 Å². The molecule has 0 bridgehead atoms. The normalized spacial score (nSPS) is 22.2. The van der Waals surface area contributed by atoms with Crippen molar-refractivity contribution in [3.63, 3.8) is 0 Å². The number of aromatic nitrogens is 1. The van der Waals surface area contributed by atoms with Crippen LogP contribution in [0.4, 0.5) is 0 Å². The van der Waals surface area contributed by atoms with Gasteiger partial charge in [-0.2, -0.15) is 0 Å². The molecule has 1 fully saturated rings. The summed E-state index contributed by atoms with van der Waals surface area (Å²) in [5, 5.41) is 11.8. The molecule has 0 aliphatic carbocycles. The van der Waals surface area contributed by atoms with E-state index in [1.54, 1.807) is 6.20 Å². The highest BCUT2D eigenvalue weighted by molar-refractivity contribution is 5.96.